The highest BCUT2D eigenvalue weighted by atomic mass is 127. The van der Waals surface area contributed by atoms with Gasteiger partial charge in [-0.3, -0.25) is 20.0 Å². The molecule has 2 aliphatic heterocycles. The zero-order chi connectivity index (χ0) is 42.3. The molecule has 0 spiro atoms. The lowest BCUT2D eigenvalue weighted by Crippen LogP contribution is -2.05. The van der Waals surface area contributed by atoms with Crippen molar-refractivity contribution in [1.82, 2.24) is 39.5 Å². The Morgan fingerprint density at radius 1 is 0.617 bits per heavy atom. The lowest BCUT2D eigenvalue weighted by atomic mass is 10.2. The second-order valence-corrected chi connectivity index (χ2v) is 16.0. The third kappa shape index (κ3) is 9.93. The number of fused-ring (bicyclic) bond motifs is 4. The molecular weight excluding hydrogens is 986 g/mol. The summed E-state index contributed by atoms with van der Waals surface area (Å²) in [6.45, 7) is 9.97. The highest BCUT2D eigenvalue weighted by molar-refractivity contribution is 14.1. The van der Waals surface area contributed by atoms with Gasteiger partial charge in [0, 0.05) is 51.2 Å². The summed E-state index contributed by atoms with van der Waals surface area (Å²) in [4.78, 5) is 26.0. The molecular formula is C45H37F2I2N11. The normalized spacial score (nSPS) is 12.0. The van der Waals surface area contributed by atoms with Crippen LogP contribution in [0.1, 0.15) is 62.1 Å². The molecule has 0 N–H and O–H groups in total. The van der Waals surface area contributed by atoms with Crippen molar-refractivity contribution in [2.24, 2.45) is 9.98 Å². The Bertz CT molecular complexity index is 2970. The van der Waals surface area contributed by atoms with Gasteiger partial charge in [-0.1, -0.05) is 36.4 Å². The van der Waals surface area contributed by atoms with E-state index in [0.29, 0.717) is 34.4 Å². The minimum atomic E-state index is -0.290. The number of nitriles is 1. The van der Waals surface area contributed by atoms with Crippen LogP contribution in [0.25, 0.3) is 22.1 Å². The van der Waals surface area contributed by atoms with Gasteiger partial charge in [-0.15, -0.1) is 0 Å². The molecule has 0 unspecified atom stereocenters. The van der Waals surface area contributed by atoms with Crippen molar-refractivity contribution in [3.8, 4) is 6.07 Å². The number of halogens is 4. The first-order valence-corrected chi connectivity index (χ1v) is 21.0. The molecule has 0 bridgehead atoms. The average molecular weight is 1020 g/mol. The molecule has 0 atom stereocenters. The fourth-order valence-electron chi connectivity index (χ4n) is 6.38. The van der Waals surface area contributed by atoms with Crippen molar-refractivity contribution < 1.29 is 8.78 Å². The van der Waals surface area contributed by atoms with Crippen LogP contribution < -0.4 is 0 Å². The Balaban J connectivity index is 0.000000126. The van der Waals surface area contributed by atoms with E-state index in [1.54, 1.807) is 39.7 Å². The Morgan fingerprint density at radius 2 is 1.15 bits per heavy atom. The van der Waals surface area contributed by atoms with Crippen molar-refractivity contribution in [2.45, 2.75) is 53.9 Å². The van der Waals surface area contributed by atoms with Gasteiger partial charge in [0.05, 0.1) is 48.3 Å². The van der Waals surface area contributed by atoms with Crippen LogP contribution in [0, 0.1) is 54.4 Å². The molecule has 2 aromatic carbocycles. The van der Waals surface area contributed by atoms with E-state index in [2.05, 4.69) is 97.4 Å². The molecule has 0 radical (unpaired) electrons. The van der Waals surface area contributed by atoms with Gasteiger partial charge in [-0.05, 0) is 134 Å². The van der Waals surface area contributed by atoms with Crippen LogP contribution >= 0.6 is 45.2 Å². The lowest BCUT2D eigenvalue weighted by Gasteiger charge is -2.04. The van der Waals surface area contributed by atoms with Gasteiger partial charge in [0.25, 0.3) is 0 Å². The number of hydrogen-bond donors (Lipinski definition) is 0. The average Bonchev–Trinajstić information content (AvgIpc) is 4.01. The number of aliphatic imine (C=N–C) groups is 2. The quantitative estimate of drug-likeness (QED) is 0.160. The molecule has 10 rings (SSSR count). The van der Waals surface area contributed by atoms with E-state index in [1.165, 1.54) is 23.3 Å². The third-order valence-corrected chi connectivity index (χ3v) is 11.1. The molecule has 15 heteroatoms. The van der Waals surface area contributed by atoms with E-state index < -0.39 is 0 Å². The van der Waals surface area contributed by atoms with Gasteiger partial charge < -0.3 is 0 Å². The van der Waals surface area contributed by atoms with E-state index in [4.69, 9.17) is 5.26 Å². The summed E-state index contributed by atoms with van der Waals surface area (Å²) in [5.41, 5.74) is 11.4. The van der Waals surface area contributed by atoms with Crippen molar-refractivity contribution in [3.05, 3.63) is 175 Å². The largest absolute Gasteiger partial charge is 0.286 e. The van der Waals surface area contributed by atoms with E-state index in [0.717, 1.165) is 65.7 Å². The molecule has 11 nitrogen and oxygen atoms in total. The van der Waals surface area contributed by atoms with Crippen LogP contribution in [0.5, 0.6) is 0 Å². The first-order chi connectivity index (χ1) is 29.0. The van der Waals surface area contributed by atoms with Crippen LogP contribution in [0.3, 0.4) is 0 Å². The second-order valence-electron chi connectivity index (χ2n) is 13.9. The van der Waals surface area contributed by atoms with Crippen LogP contribution in [0.4, 0.5) is 8.78 Å². The maximum atomic E-state index is 13.7. The molecule has 0 fully saturated rings. The summed E-state index contributed by atoms with van der Waals surface area (Å²) in [6, 6.07) is 31.1. The van der Waals surface area contributed by atoms with Crippen molar-refractivity contribution >= 4 is 77.2 Å². The standard InChI is InChI=1S/C15H11FN4.C14H11FIN3.C8H7IN2.C8H8N2/c1-10-6-7-12-14(8-17)19-20(15(12)18-10)9-11-4-2-3-5-13(11)16;1-9-6-7-11-13(16)18-19(14(11)17-9)8-10-4-2-3-5-12(10)15;1-5-2-3-6-7(11-5)4-10-8(6)9;1-6-2-3-7-4-9-5-8(7)10-6/h2-7H,9H2,1H3;2-7H,8H2,1H3;2-3H,4H2,1H3;2-4H,5H2,1H3. The Labute approximate surface area is 372 Å². The Kier molecular flexibility index (Phi) is 13.4. The molecule has 0 saturated heterocycles. The van der Waals surface area contributed by atoms with Gasteiger partial charge in [-0.25, -0.2) is 28.1 Å². The molecule has 60 heavy (non-hydrogen) atoms. The number of nitrogens with zero attached hydrogens (tertiary/aromatic N) is 11. The second kappa shape index (κ2) is 19.0. The van der Waals surface area contributed by atoms with Crippen molar-refractivity contribution in [2.75, 3.05) is 0 Å². The van der Waals surface area contributed by atoms with E-state index >= 15 is 0 Å². The zero-order valence-electron chi connectivity index (χ0n) is 33.1. The number of hydrogen-bond acceptors (Lipinski definition) is 9. The summed E-state index contributed by atoms with van der Waals surface area (Å²) in [5, 5.41) is 19.5. The van der Waals surface area contributed by atoms with Gasteiger partial charge in [0.15, 0.2) is 17.0 Å². The summed E-state index contributed by atoms with van der Waals surface area (Å²) in [6.07, 6.45) is 1.88. The number of benzene rings is 2. The highest BCUT2D eigenvalue weighted by Crippen LogP contribution is 2.23. The van der Waals surface area contributed by atoms with Gasteiger partial charge in [0.2, 0.25) is 0 Å². The van der Waals surface area contributed by atoms with Crippen LogP contribution in [-0.2, 0) is 26.2 Å². The lowest BCUT2D eigenvalue weighted by molar-refractivity contribution is 0.588. The number of rotatable bonds is 4. The van der Waals surface area contributed by atoms with Crippen LogP contribution in [0.2, 0.25) is 0 Å². The third-order valence-electron chi connectivity index (χ3n) is 9.41. The van der Waals surface area contributed by atoms with Crippen molar-refractivity contribution in [3.63, 3.8) is 0 Å². The number of aryl methyl sites for hydroxylation is 4. The molecule has 8 heterocycles. The monoisotopic (exact) mass is 1020 g/mol. The fraction of sp³-hybridized carbons (Fsp3) is 0.178. The first kappa shape index (κ1) is 42.3. The van der Waals surface area contributed by atoms with Crippen LogP contribution in [0.15, 0.2) is 107 Å². The van der Waals surface area contributed by atoms with Gasteiger partial charge in [-0.2, -0.15) is 15.5 Å². The molecule has 0 amide bonds. The van der Waals surface area contributed by atoms with E-state index in [1.807, 2.05) is 82.4 Å². The number of pyridine rings is 4. The fourth-order valence-corrected chi connectivity index (χ4v) is 7.72. The van der Waals surface area contributed by atoms with Crippen LogP contribution in [-0.4, -0.2) is 49.4 Å². The highest BCUT2D eigenvalue weighted by Gasteiger charge is 2.15. The summed E-state index contributed by atoms with van der Waals surface area (Å²) in [5.74, 6) is -0.504. The molecule has 300 valence electrons. The number of aromatic nitrogens is 8. The molecule has 0 aliphatic carbocycles. The predicted octanol–water partition coefficient (Wildman–Crippen LogP) is 9.74. The smallest absolute Gasteiger partial charge is 0.172 e. The Morgan fingerprint density at radius 3 is 1.78 bits per heavy atom. The predicted molar refractivity (Wildman–Crippen MR) is 246 cm³/mol. The minimum Gasteiger partial charge on any atom is -0.286 e. The van der Waals surface area contributed by atoms with Gasteiger partial charge >= 0.3 is 0 Å². The van der Waals surface area contributed by atoms with Crippen molar-refractivity contribution in [1.29, 1.82) is 5.26 Å². The molecule has 8 aromatic rings. The SMILES string of the molecule is Cc1ccc2c(C#N)nn(Cc3ccccc3F)c2n1.Cc1ccc2c(I)nn(Cc3ccccc3F)c2n1.Cc1ccc2c(n1)CN=C2.Cc1ccc2c(n1)CN=C2I. The maximum absolute atomic E-state index is 13.7. The first-order valence-electron chi connectivity index (χ1n) is 18.8. The van der Waals surface area contributed by atoms with E-state index in [-0.39, 0.29) is 18.2 Å². The Hall–Kier alpha value is -5.87. The summed E-state index contributed by atoms with van der Waals surface area (Å²) in [7, 11) is 0. The molecule has 6 aromatic heterocycles. The summed E-state index contributed by atoms with van der Waals surface area (Å²) >= 11 is 4.42. The summed E-state index contributed by atoms with van der Waals surface area (Å²) < 4.78 is 32.7. The van der Waals surface area contributed by atoms with Gasteiger partial charge in [0.1, 0.15) is 25.1 Å². The topological polar surface area (TPSA) is 136 Å². The minimum absolute atomic E-state index is 0.214. The molecule has 0 saturated carbocycles. The maximum Gasteiger partial charge on any atom is 0.172 e. The van der Waals surface area contributed by atoms with E-state index in [9.17, 15) is 8.78 Å². The zero-order valence-corrected chi connectivity index (χ0v) is 37.4. The molecule has 2 aliphatic rings.